The van der Waals surface area contributed by atoms with Gasteiger partial charge in [0.15, 0.2) is 0 Å². The number of carbonyl (C=O) groups is 1. The van der Waals surface area contributed by atoms with Gasteiger partial charge in [0.1, 0.15) is 5.75 Å². The molecule has 2 amide bonds. The van der Waals surface area contributed by atoms with Crippen molar-refractivity contribution < 1.29 is 14.6 Å². The van der Waals surface area contributed by atoms with Crippen molar-refractivity contribution in [3.63, 3.8) is 0 Å². The number of benzene rings is 1. The Hall–Kier alpha value is -1.75. The van der Waals surface area contributed by atoms with Crippen LogP contribution >= 0.6 is 0 Å². The van der Waals surface area contributed by atoms with Crippen molar-refractivity contribution in [3.8, 4) is 5.75 Å². The predicted octanol–water partition coefficient (Wildman–Crippen LogP) is 1.90. The van der Waals surface area contributed by atoms with Gasteiger partial charge in [0, 0.05) is 6.54 Å². The van der Waals surface area contributed by atoms with Crippen LogP contribution in [0, 0.1) is 6.92 Å². The fraction of sp³-hybridized carbons (Fsp3) is 0.462. The van der Waals surface area contributed by atoms with Gasteiger partial charge in [0.25, 0.3) is 0 Å². The van der Waals surface area contributed by atoms with Crippen LogP contribution in [0.5, 0.6) is 5.75 Å². The largest absolute Gasteiger partial charge is 0.495 e. The summed E-state index contributed by atoms with van der Waals surface area (Å²) in [5, 5.41) is 14.4. The molecule has 0 aliphatic carbocycles. The van der Waals surface area contributed by atoms with Gasteiger partial charge in [-0.15, -0.1) is 0 Å². The molecule has 18 heavy (non-hydrogen) atoms. The molecular formula is C13H20N2O3. The van der Waals surface area contributed by atoms with E-state index in [1.54, 1.807) is 20.1 Å². The SMILES string of the molecule is COc1cc(C)ccc1NC(=O)NCCC(C)O. The molecule has 100 valence electrons. The van der Waals surface area contributed by atoms with Crippen LogP contribution in [-0.4, -0.2) is 30.9 Å². The van der Waals surface area contributed by atoms with E-state index >= 15 is 0 Å². The normalized spacial score (nSPS) is 11.8. The molecule has 3 N–H and O–H groups in total. The average molecular weight is 252 g/mol. The summed E-state index contributed by atoms with van der Waals surface area (Å²) in [7, 11) is 1.56. The molecule has 5 heteroatoms. The monoisotopic (exact) mass is 252 g/mol. The molecule has 0 aromatic heterocycles. The zero-order chi connectivity index (χ0) is 13.5. The molecule has 0 spiro atoms. The fourth-order valence-corrected chi connectivity index (χ4v) is 1.46. The van der Waals surface area contributed by atoms with E-state index in [2.05, 4.69) is 10.6 Å². The van der Waals surface area contributed by atoms with Gasteiger partial charge in [-0.3, -0.25) is 0 Å². The summed E-state index contributed by atoms with van der Waals surface area (Å²) < 4.78 is 5.19. The summed E-state index contributed by atoms with van der Waals surface area (Å²) in [5.74, 6) is 0.626. The molecule has 0 saturated carbocycles. The van der Waals surface area contributed by atoms with Crippen LogP contribution in [0.25, 0.3) is 0 Å². The number of anilines is 1. The average Bonchev–Trinajstić information content (AvgIpc) is 2.31. The van der Waals surface area contributed by atoms with Crippen LogP contribution in [0.15, 0.2) is 18.2 Å². The topological polar surface area (TPSA) is 70.6 Å². The zero-order valence-corrected chi connectivity index (χ0v) is 11.0. The number of aliphatic hydroxyl groups is 1. The molecule has 5 nitrogen and oxygen atoms in total. The standard InChI is InChI=1S/C13H20N2O3/c1-9-4-5-11(12(8-9)18-3)15-13(17)14-7-6-10(2)16/h4-5,8,10,16H,6-7H2,1-3H3,(H2,14,15,17). The number of methoxy groups -OCH3 is 1. The third-order valence-electron chi connectivity index (χ3n) is 2.45. The number of urea groups is 1. The highest BCUT2D eigenvalue weighted by molar-refractivity contribution is 5.90. The summed E-state index contributed by atoms with van der Waals surface area (Å²) in [4.78, 5) is 11.6. The second kappa shape index (κ2) is 6.86. The third-order valence-corrected chi connectivity index (χ3v) is 2.45. The summed E-state index contributed by atoms with van der Waals surface area (Å²) in [6, 6.07) is 5.24. The first-order valence-electron chi connectivity index (χ1n) is 5.90. The van der Waals surface area contributed by atoms with E-state index in [1.165, 1.54) is 0 Å². The van der Waals surface area contributed by atoms with Gasteiger partial charge in [0.2, 0.25) is 0 Å². The van der Waals surface area contributed by atoms with Crippen LogP contribution in [0.2, 0.25) is 0 Å². The first-order chi connectivity index (χ1) is 8.52. The van der Waals surface area contributed by atoms with Gasteiger partial charge in [-0.1, -0.05) is 6.07 Å². The van der Waals surface area contributed by atoms with Gasteiger partial charge >= 0.3 is 6.03 Å². The Morgan fingerprint density at radius 3 is 2.83 bits per heavy atom. The summed E-state index contributed by atoms with van der Waals surface area (Å²) >= 11 is 0. The Bertz CT molecular complexity index is 405. The summed E-state index contributed by atoms with van der Waals surface area (Å²) in [6.07, 6.45) is 0.109. The van der Waals surface area contributed by atoms with Gasteiger partial charge in [-0.2, -0.15) is 0 Å². The van der Waals surface area contributed by atoms with Crippen LogP contribution in [0.1, 0.15) is 18.9 Å². The maximum atomic E-state index is 11.6. The molecule has 1 aromatic carbocycles. The first-order valence-corrected chi connectivity index (χ1v) is 5.90. The third kappa shape index (κ3) is 4.63. The van der Waals surface area contributed by atoms with Crippen LogP contribution < -0.4 is 15.4 Å². The highest BCUT2D eigenvalue weighted by Crippen LogP contribution is 2.24. The number of ether oxygens (including phenoxy) is 1. The number of aryl methyl sites for hydroxylation is 1. The van der Waals surface area contributed by atoms with Crippen molar-refractivity contribution in [2.75, 3.05) is 19.0 Å². The number of amides is 2. The van der Waals surface area contributed by atoms with Crippen molar-refractivity contribution in [2.24, 2.45) is 0 Å². The van der Waals surface area contributed by atoms with Crippen molar-refractivity contribution >= 4 is 11.7 Å². The molecule has 1 rings (SSSR count). The predicted molar refractivity (Wildman–Crippen MR) is 71.1 cm³/mol. The maximum Gasteiger partial charge on any atom is 0.319 e. The van der Waals surface area contributed by atoms with Crippen LogP contribution in [-0.2, 0) is 0 Å². The van der Waals surface area contributed by atoms with Crippen molar-refractivity contribution in [2.45, 2.75) is 26.4 Å². The number of aliphatic hydroxyl groups excluding tert-OH is 1. The number of carbonyl (C=O) groups excluding carboxylic acids is 1. The highest BCUT2D eigenvalue weighted by Gasteiger charge is 2.07. The number of nitrogens with one attached hydrogen (secondary N) is 2. The molecule has 1 unspecified atom stereocenters. The lowest BCUT2D eigenvalue weighted by Crippen LogP contribution is -2.31. The minimum atomic E-state index is -0.417. The van der Waals surface area contributed by atoms with E-state index in [0.717, 1.165) is 5.56 Å². The van der Waals surface area contributed by atoms with Gasteiger partial charge in [-0.25, -0.2) is 4.79 Å². The lowest BCUT2D eigenvalue weighted by atomic mass is 10.2. The van der Waals surface area contributed by atoms with E-state index in [0.29, 0.717) is 24.4 Å². The van der Waals surface area contributed by atoms with E-state index in [9.17, 15) is 4.79 Å². The lowest BCUT2D eigenvalue weighted by Gasteiger charge is -2.12. The lowest BCUT2D eigenvalue weighted by molar-refractivity contribution is 0.184. The van der Waals surface area contributed by atoms with Crippen LogP contribution in [0.3, 0.4) is 0 Å². The molecule has 0 heterocycles. The molecule has 0 bridgehead atoms. The molecule has 0 saturated heterocycles. The smallest absolute Gasteiger partial charge is 0.319 e. The fourth-order valence-electron chi connectivity index (χ4n) is 1.46. The van der Waals surface area contributed by atoms with E-state index in [1.807, 2.05) is 19.1 Å². The Morgan fingerprint density at radius 1 is 1.50 bits per heavy atom. The van der Waals surface area contributed by atoms with E-state index in [-0.39, 0.29) is 6.03 Å². The van der Waals surface area contributed by atoms with Crippen molar-refractivity contribution in [1.29, 1.82) is 0 Å². The minimum absolute atomic E-state index is 0.308. The Kier molecular flexibility index (Phi) is 5.45. The summed E-state index contributed by atoms with van der Waals surface area (Å²) in [5.41, 5.74) is 1.68. The Morgan fingerprint density at radius 2 is 2.22 bits per heavy atom. The van der Waals surface area contributed by atoms with Gasteiger partial charge in [0.05, 0.1) is 18.9 Å². The molecule has 1 aromatic rings. The van der Waals surface area contributed by atoms with Crippen molar-refractivity contribution in [3.05, 3.63) is 23.8 Å². The molecule has 0 aliphatic heterocycles. The number of hydrogen-bond acceptors (Lipinski definition) is 3. The quantitative estimate of drug-likeness (QED) is 0.749. The highest BCUT2D eigenvalue weighted by atomic mass is 16.5. The minimum Gasteiger partial charge on any atom is -0.495 e. The van der Waals surface area contributed by atoms with Crippen LogP contribution in [0.4, 0.5) is 10.5 Å². The molecule has 0 radical (unpaired) electrons. The van der Waals surface area contributed by atoms with Gasteiger partial charge in [-0.05, 0) is 38.0 Å². The molecular weight excluding hydrogens is 232 g/mol. The van der Waals surface area contributed by atoms with E-state index < -0.39 is 6.10 Å². The first kappa shape index (κ1) is 14.3. The summed E-state index contributed by atoms with van der Waals surface area (Å²) in [6.45, 7) is 4.06. The second-order valence-electron chi connectivity index (χ2n) is 4.22. The molecule has 0 aliphatic rings. The Labute approximate surface area is 107 Å². The zero-order valence-electron chi connectivity index (χ0n) is 11.0. The molecule has 1 atom stereocenters. The van der Waals surface area contributed by atoms with E-state index in [4.69, 9.17) is 9.84 Å². The van der Waals surface area contributed by atoms with Crippen molar-refractivity contribution in [1.82, 2.24) is 5.32 Å². The Balaban J connectivity index is 2.53. The van der Waals surface area contributed by atoms with Gasteiger partial charge < -0.3 is 20.5 Å². The molecule has 0 fully saturated rings. The maximum absolute atomic E-state index is 11.6. The number of hydrogen-bond donors (Lipinski definition) is 3. The number of rotatable bonds is 5. The second-order valence-corrected chi connectivity index (χ2v) is 4.22.